The molecule has 6 fully saturated rings. The number of alkyl carbamates (subject to hydrolysis) is 1. The number of ether oxygens (including phenoxy) is 1. The van der Waals surface area contributed by atoms with Crippen LogP contribution in [0.2, 0.25) is 0 Å². The van der Waals surface area contributed by atoms with E-state index in [1.54, 1.807) is 0 Å². The fourth-order valence-electron chi connectivity index (χ4n) is 9.02. The van der Waals surface area contributed by atoms with Gasteiger partial charge in [-0.3, -0.25) is 4.79 Å². The Kier molecular flexibility index (Phi) is 2.19. The van der Waals surface area contributed by atoms with Crippen molar-refractivity contribution < 1.29 is 19.4 Å². The smallest absolute Gasteiger partial charge is 0.407 e. The van der Waals surface area contributed by atoms with Gasteiger partial charge in [0.2, 0.25) is 0 Å². The fraction of sp³-hybridized carbons (Fsp3) is 0.417. The number of carbonyl (C=O) groups excluding carboxylic acids is 1. The van der Waals surface area contributed by atoms with Gasteiger partial charge in [0, 0.05) is 5.92 Å². The first-order valence-electron chi connectivity index (χ1n) is 10.5. The molecule has 144 valence electrons. The Bertz CT molecular complexity index is 1070. The summed E-state index contributed by atoms with van der Waals surface area (Å²) in [6.45, 7) is 0.325. The van der Waals surface area contributed by atoms with Gasteiger partial charge in [-0.05, 0) is 57.8 Å². The largest absolute Gasteiger partial charge is 0.481 e. The summed E-state index contributed by atoms with van der Waals surface area (Å²) >= 11 is 0. The highest BCUT2D eigenvalue weighted by atomic mass is 16.5. The van der Waals surface area contributed by atoms with E-state index in [0.717, 1.165) is 0 Å². The summed E-state index contributed by atoms with van der Waals surface area (Å²) < 4.78 is 5.73. The molecular weight excluding hydrogens is 366 g/mol. The standard InChI is InChI=1S/C24H19NO4/c26-21(27)23-15-18-16(23)20-17(23)19(15)24(18,20)25-22(28)29-9-14-12-7-3-1-5-10(12)11-6-2-4-8-13(11)14/h1-8,14-20H,9H2,(H,25,28)(H,26,27). The second kappa shape index (κ2) is 4.20. The van der Waals surface area contributed by atoms with E-state index in [4.69, 9.17) is 4.74 Å². The van der Waals surface area contributed by atoms with Gasteiger partial charge in [-0.25, -0.2) is 4.79 Å². The van der Waals surface area contributed by atoms with Gasteiger partial charge in [0.1, 0.15) is 6.61 Å². The van der Waals surface area contributed by atoms with Crippen LogP contribution in [0.3, 0.4) is 0 Å². The van der Waals surface area contributed by atoms with Crippen LogP contribution in [0.5, 0.6) is 0 Å². The highest BCUT2D eigenvalue weighted by molar-refractivity contribution is 5.89. The number of carbonyl (C=O) groups is 2. The number of aliphatic carboxylic acids is 1. The summed E-state index contributed by atoms with van der Waals surface area (Å²) in [7, 11) is 0. The third-order valence-electron chi connectivity index (χ3n) is 9.66. The Morgan fingerprint density at radius 1 is 0.862 bits per heavy atom. The molecule has 9 rings (SSSR count). The van der Waals surface area contributed by atoms with Crippen LogP contribution in [0.1, 0.15) is 17.0 Å². The number of rotatable bonds is 4. The van der Waals surface area contributed by atoms with Crippen molar-refractivity contribution in [2.24, 2.45) is 40.9 Å². The van der Waals surface area contributed by atoms with Crippen molar-refractivity contribution in [3.8, 4) is 11.1 Å². The van der Waals surface area contributed by atoms with E-state index in [0.29, 0.717) is 42.1 Å². The SMILES string of the molecule is O=C(NC12C3C4C1C1C2C3C41C(=O)O)OCC1c2ccccc2-c2ccccc21. The van der Waals surface area contributed by atoms with Gasteiger partial charge >= 0.3 is 12.1 Å². The fourth-order valence-corrected chi connectivity index (χ4v) is 9.02. The van der Waals surface area contributed by atoms with Gasteiger partial charge < -0.3 is 15.2 Å². The van der Waals surface area contributed by atoms with Crippen LogP contribution in [-0.4, -0.2) is 29.3 Å². The first-order chi connectivity index (χ1) is 14.1. The molecule has 5 nitrogen and oxygen atoms in total. The molecule has 6 saturated carbocycles. The summed E-state index contributed by atoms with van der Waals surface area (Å²) in [4.78, 5) is 24.3. The summed E-state index contributed by atoms with van der Waals surface area (Å²) in [5.41, 5.74) is 4.34. The van der Waals surface area contributed by atoms with Gasteiger partial charge in [-0.15, -0.1) is 0 Å². The van der Waals surface area contributed by atoms with Crippen molar-refractivity contribution in [1.29, 1.82) is 0 Å². The van der Waals surface area contributed by atoms with E-state index in [1.807, 2.05) is 24.3 Å². The number of hydrogen-bond acceptors (Lipinski definition) is 3. The lowest BCUT2D eigenvalue weighted by molar-refractivity contribution is -0.609. The molecule has 0 heterocycles. The Hall–Kier alpha value is -2.82. The van der Waals surface area contributed by atoms with E-state index in [-0.39, 0.29) is 17.6 Å². The van der Waals surface area contributed by atoms with Gasteiger partial charge in [0.05, 0.1) is 11.0 Å². The predicted molar refractivity (Wildman–Crippen MR) is 102 cm³/mol. The molecule has 0 aliphatic heterocycles. The van der Waals surface area contributed by atoms with Crippen LogP contribution in [0.15, 0.2) is 48.5 Å². The highest BCUT2D eigenvalue weighted by Gasteiger charge is 3.12. The molecule has 0 radical (unpaired) electrons. The number of amides is 1. The van der Waals surface area contributed by atoms with Crippen molar-refractivity contribution in [1.82, 2.24) is 5.32 Å². The van der Waals surface area contributed by atoms with Gasteiger partial charge in [-0.1, -0.05) is 48.5 Å². The highest BCUT2D eigenvalue weighted by Crippen LogP contribution is 3.06. The summed E-state index contributed by atoms with van der Waals surface area (Å²) in [5, 5.41) is 12.8. The van der Waals surface area contributed by atoms with Crippen molar-refractivity contribution >= 4 is 12.1 Å². The molecule has 0 atom stereocenters. The average Bonchev–Trinajstić information content (AvgIpc) is 3.06. The van der Waals surface area contributed by atoms with E-state index in [2.05, 4.69) is 29.6 Å². The third-order valence-corrected chi connectivity index (χ3v) is 9.66. The second-order valence-corrected chi connectivity index (χ2v) is 9.78. The third kappa shape index (κ3) is 1.18. The molecule has 29 heavy (non-hydrogen) atoms. The first-order valence-corrected chi connectivity index (χ1v) is 10.5. The summed E-state index contributed by atoms with van der Waals surface area (Å²) in [6.07, 6.45) is -0.341. The summed E-state index contributed by atoms with van der Waals surface area (Å²) in [6, 6.07) is 16.6. The minimum Gasteiger partial charge on any atom is -0.481 e. The van der Waals surface area contributed by atoms with Crippen LogP contribution in [0.4, 0.5) is 4.79 Å². The number of benzene rings is 2. The molecule has 0 spiro atoms. The monoisotopic (exact) mass is 385 g/mol. The Morgan fingerprint density at radius 2 is 1.38 bits per heavy atom. The molecule has 2 N–H and O–H groups in total. The predicted octanol–water partition coefficient (Wildman–Crippen LogP) is 3.10. The van der Waals surface area contributed by atoms with E-state index >= 15 is 0 Å². The maximum absolute atomic E-state index is 12.7. The zero-order chi connectivity index (χ0) is 19.3. The maximum atomic E-state index is 12.7. The van der Waals surface area contributed by atoms with Gasteiger partial charge in [0.25, 0.3) is 0 Å². The number of hydrogen-bond donors (Lipinski definition) is 2. The lowest BCUT2D eigenvalue weighted by Crippen LogP contribution is -3.16. The zero-order valence-corrected chi connectivity index (χ0v) is 15.5. The quantitative estimate of drug-likeness (QED) is 0.848. The van der Waals surface area contributed by atoms with Crippen molar-refractivity contribution in [2.45, 2.75) is 11.5 Å². The average molecular weight is 385 g/mol. The minimum atomic E-state index is -0.601. The van der Waals surface area contributed by atoms with Crippen LogP contribution in [0, 0.1) is 40.9 Å². The number of carboxylic acid groups (broad SMARTS) is 1. The minimum absolute atomic E-state index is 0.0625. The van der Waals surface area contributed by atoms with Crippen LogP contribution in [0.25, 0.3) is 11.1 Å². The second-order valence-electron chi connectivity index (χ2n) is 9.78. The topological polar surface area (TPSA) is 75.6 Å². The Morgan fingerprint density at radius 3 is 1.90 bits per heavy atom. The van der Waals surface area contributed by atoms with E-state index in [1.165, 1.54) is 22.3 Å². The van der Waals surface area contributed by atoms with Crippen molar-refractivity contribution in [2.75, 3.05) is 6.61 Å². The van der Waals surface area contributed by atoms with Crippen molar-refractivity contribution in [3.63, 3.8) is 0 Å². The first kappa shape index (κ1) is 15.1. The van der Waals surface area contributed by atoms with Crippen molar-refractivity contribution in [3.05, 3.63) is 59.7 Å². The van der Waals surface area contributed by atoms with E-state index < -0.39 is 11.4 Å². The lowest BCUT2D eigenvalue weighted by Gasteiger charge is -3.09. The van der Waals surface area contributed by atoms with Crippen LogP contribution in [-0.2, 0) is 9.53 Å². The molecule has 0 bridgehead atoms. The van der Waals surface area contributed by atoms with E-state index in [9.17, 15) is 14.7 Å². The molecule has 2 aromatic rings. The van der Waals surface area contributed by atoms with Gasteiger partial charge in [-0.2, -0.15) is 0 Å². The Labute approximate surface area is 167 Å². The molecule has 5 heteroatoms. The number of fused-ring (bicyclic) bond motifs is 3. The molecule has 0 saturated heterocycles. The molecule has 2 aromatic carbocycles. The number of carboxylic acids is 1. The molecule has 7 aliphatic carbocycles. The zero-order valence-electron chi connectivity index (χ0n) is 15.5. The lowest BCUT2D eigenvalue weighted by atomic mass is 8.94. The molecule has 1 amide bonds. The molecular formula is C24H19NO4. The maximum Gasteiger partial charge on any atom is 0.407 e. The van der Waals surface area contributed by atoms with Gasteiger partial charge in [0.15, 0.2) is 0 Å². The summed E-state index contributed by atoms with van der Waals surface area (Å²) in [5.74, 6) is 1.57. The molecule has 0 unspecified atom stereocenters. The normalized spacial score (nSPS) is 44.6. The molecule has 0 aromatic heterocycles. The number of nitrogens with one attached hydrogen (secondary N) is 1. The molecule has 7 aliphatic rings. The van der Waals surface area contributed by atoms with Crippen LogP contribution >= 0.6 is 0 Å². The Balaban J connectivity index is 0.999. The van der Waals surface area contributed by atoms with Crippen LogP contribution < -0.4 is 5.32 Å².